The van der Waals surface area contributed by atoms with Crippen LogP contribution in [0, 0.1) is 0 Å². The van der Waals surface area contributed by atoms with Crippen molar-refractivity contribution in [3.63, 3.8) is 0 Å². The average molecular weight is 587 g/mol. The molecule has 0 aliphatic carbocycles. The number of H-pyrrole nitrogens is 2. The molecule has 4 aromatic carbocycles. The minimum Gasteiger partial charge on any atom is -0.497 e. The largest absolute Gasteiger partial charge is 0.497 e. The molecule has 0 unspecified atom stereocenters. The number of azo groups is 1. The van der Waals surface area contributed by atoms with Gasteiger partial charge in [0.2, 0.25) is 5.13 Å². The maximum Gasteiger partial charge on any atom is 0.211 e. The first-order valence-electron chi connectivity index (χ1n) is 13.2. The molecule has 0 bridgehead atoms. The monoisotopic (exact) mass is 586 g/mol. The molecule has 0 atom stereocenters. The van der Waals surface area contributed by atoms with Crippen LogP contribution in [-0.4, -0.2) is 27.9 Å². The number of hydrogen-bond acceptors (Lipinski definition) is 5. The third-order valence-electron chi connectivity index (χ3n) is 6.95. The summed E-state index contributed by atoms with van der Waals surface area (Å²) in [7, 11) is 1.63. The van der Waals surface area contributed by atoms with E-state index < -0.39 is 0 Å². The number of rotatable bonds is 6. The summed E-state index contributed by atoms with van der Waals surface area (Å²) in [6.45, 7) is 0. The van der Waals surface area contributed by atoms with E-state index in [1.165, 1.54) is 11.3 Å². The number of benzene rings is 4. The molecule has 204 valence electrons. The number of halogens is 1. The van der Waals surface area contributed by atoms with Crippen molar-refractivity contribution in [2.24, 2.45) is 15.2 Å². The lowest BCUT2D eigenvalue weighted by Crippen LogP contribution is -1.94. The molecule has 0 aliphatic rings. The average Bonchev–Trinajstić information content (AvgIpc) is 3.77. The summed E-state index contributed by atoms with van der Waals surface area (Å²) >= 11 is 7.64. The molecule has 9 heteroatoms. The van der Waals surface area contributed by atoms with Crippen molar-refractivity contribution in [3.05, 3.63) is 119 Å². The van der Waals surface area contributed by atoms with Gasteiger partial charge in [0.1, 0.15) is 5.75 Å². The number of aliphatic imine (C=N–C) groups is 1. The van der Waals surface area contributed by atoms with Crippen LogP contribution in [-0.2, 0) is 0 Å². The Balaban J connectivity index is 1.33. The third kappa shape index (κ3) is 4.98. The lowest BCUT2D eigenvalue weighted by molar-refractivity contribution is 0.415. The molecule has 0 radical (unpaired) electrons. The topological polar surface area (TPSA) is 90.8 Å². The molecule has 0 amide bonds. The minimum atomic E-state index is 0.459. The molecule has 42 heavy (non-hydrogen) atoms. The van der Waals surface area contributed by atoms with E-state index in [0.717, 1.165) is 55.6 Å². The maximum absolute atomic E-state index is 6.18. The Morgan fingerprint density at radius 1 is 0.857 bits per heavy atom. The first-order chi connectivity index (χ1) is 20.7. The van der Waals surface area contributed by atoms with Gasteiger partial charge in [-0.1, -0.05) is 60.1 Å². The molecule has 0 aliphatic heterocycles. The number of para-hydroxylation sites is 2. The van der Waals surface area contributed by atoms with Gasteiger partial charge in [-0.15, -0.1) is 21.6 Å². The first-order valence-corrected chi connectivity index (χ1v) is 14.5. The van der Waals surface area contributed by atoms with Crippen LogP contribution >= 0.6 is 22.9 Å². The van der Waals surface area contributed by atoms with E-state index in [1.54, 1.807) is 7.11 Å². The number of aromatic nitrogens is 3. The third-order valence-corrected chi connectivity index (χ3v) is 7.94. The summed E-state index contributed by atoms with van der Waals surface area (Å²) in [6.07, 6.45) is 1.91. The van der Waals surface area contributed by atoms with Crippen LogP contribution in [0.5, 0.6) is 5.75 Å². The van der Waals surface area contributed by atoms with Gasteiger partial charge in [0.05, 0.1) is 24.2 Å². The summed E-state index contributed by atoms with van der Waals surface area (Å²) in [6, 6.07) is 31.5. The molecule has 0 spiro atoms. The van der Waals surface area contributed by atoms with Gasteiger partial charge >= 0.3 is 0 Å². The van der Waals surface area contributed by atoms with Crippen LogP contribution in [0.1, 0.15) is 5.56 Å². The molecular formula is C33H23ClN6OS. The SMILES string of the molecule is COc1ccc(N=NC(=Nc2nc(-c3c(-c4ccc(Cl)cc4)[nH]c4ccccc34)cs2)c2c[nH]c3ccccc23)cc1. The summed E-state index contributed by atoms with van der Waals surface area (Å²) < 4.78 is 5.27. The van der Waals surface area contributed by atoms with E-state index in [1.807, 2.05) is 96.5 Å². The standard InChI is InChI=1S/C33H23ClN6OS/c1-41-23-16-14-22(15-17-23)39-40-32(26-18-35-27-8-4-2-6-24(26)27)38-33-37-29(19-42-33)30-25-7-3-5-9-28(25)36-31(30)20-10-12-21(34)13-11-20/h2-19,35-36H,1H3. The Morgan fingerprint density at radius 2 is 1.60 bits per heavy atom. The maximum atomic E-state index is 6.18. The zero-order valence-electron chi connectivity index (χ0n) is 22.4. The molecular weight excluding hydrogens is 564 g/mol. The summed E-state index contributed by atoms with van der Waals surface area (Å²) in [5, 5.41) is 14.5. The van der Waals surface area contributed by atoms with Gasteiger partial charge in [-0.25, -0.2) is 4.98 Å². The van der Waals surface area contributed by atoms with Crippen LogP contribution in [0.25, 0.3) is 44.3 Å². The van der Waals surface area contributed by atoms with Crippen molar-refractivity contribution in [1.29, 1.82) is 0 Å². The number of aromatic amines is 2. The first kappa shape index (κ1) is 25.9. The second-order valence-corrected chi connectivity index (χ2v) is 10.8. The number of hydrogen-bond donors (Lipinski definition) is 2. The van der Waals surface area contributed by atoms with Gasteiger partial charge in [-0.05, 0) is 54.1 Å². The Morgan fingerprint density at radius 3 is 2.38 bits per heavy atom. The second-order valence-electron chi connectivity index (χ2n) is 9.52. The highest BCUT2D eigenvalue weighted by Crippen LogP contribution is 2.40. The van der Waals surface area contributed by atoms with Crippen LogP contribution < -0.4 is 4.74 Å². The van der Waals surface area contributed by atoms with Crippen molar-refractivity contribution in [2.45, 2.75) is 0 Å². The fraction of sp³-hybridized carbons (Fsp3) is 0.0303. The summed E-state index contributed by atoms with van der Waals surface area (Å²) in [5.74, 6) is 1.21. The lowest BCUT2D eigenvalue weighted by atomic mass is 10.0. The predicted molar refractivity (Wildman–Crippen MR) is 172 cm³/mol. The van der Waals surface area contributed by atoms with E-state index in [0.29, 0.717) is 21.7 Å². The molecule has 3 aromatic heterocycles. The van der Waals surface area contributed by atoms with E-state index >= 15 is 0 Å². The highest BCUT2D eigenvalue weighted by atomic mass is 35.5. The molecule has 2 N–H and O–H groups in total. The molecule has 3 heterocycles. The number of fused-ring (bicyclic) bond motifs is 2. The Hall–Kier alpha value is -5.05. The van der Waals surface area contributed by atoms with Crippen molar-refractivity contribution >= 4 is 61.4 Å². The molecule has 7 nitrogen and oxygen atoms in total. The summed E-state index contributed by atoms with van der Waals surface area (Å²) in [4.78, 5) is 16.8. The zero-order chi connectivity index (χ0) is 28.5. The van der Waals surface area contributed by atoms with Crippen LogP contribution in [0.4, 0.5) is 10.8 Å². The van der Waals surface area contributed by atoms with Gasteiger partial charge < -0.3 is 14.7 Å². The predicted octanol–water partition coefficient (Wildman–Crippen LogP) is 9.96. The van der Waals surface area contributed by atoms with Crippen molar-refractivity contribution in [2.75, 3.05) is 7.11 Å². The van der Waals surface area contributed by atoms with Crippen molar-refractivity contribution in [1.82, 2.24) is 15.0 Å². The highest BCUT2D eigenvalue weighted by Gasteiger charge is 2.18. The van der Waals surface area contributed by atoms with Gasteiger partial charge in [-0.3, -0.25) is 0 Å². The van der Waals surface area contributed by atoms with E-state index in [4.69, 9.17) is 26.3 Å². The Labute approximate surface area is 250 Å². The van der Waals surface area contributed by atoms with Crippen molar-refractivity contribution < 1.29 is 4.74 Å². The van der Waals surface area contributed by atoms with Gasteiger partial charge in [0.25, 0.3) is 0 Å². The van der Waals surface area contributed by atoms with Gasteiger partial charge in [0.15, 0.2) is 5.84 Å². The Bertz CT molecular complexity index is 2090. The quantitative estimate of drug-likeness (QED) is 0.115. The van der Waals surface area contributed by atoms with Crippen LogP contribution in [0.15, 0.2) is 124 Å². The van der Waals surface area contributed by atoms with Crippen LogP contribution in [0.3, 0.4) is 0 Å². The minimum absolute atomic E-state index is 0.459. The van der Waals surface area contributed by atoms with E-state index in [2.05, 4.69) is 32.3 Å². The van der Waals surface area contributed by atoms with E-state index in [-0.39, 0.29) is 0 Å². The number of nitrogens with one attached hydrogen (secondary N) is 2. The van der Waals surface area contributed by atoms with Crippen LogP contribution in [0.2, 0.25) is 5.02 Å². The number of ether oxygens (including phenoxy) is 1. The zero-order valence-corrected chi connectivity index (χ0v) is 23.9. The smallest absolute Gasteiger partial charge is 0.211 e. The summed E-state index contributed by atoms with van der Waals surface area (Å²) in [5.41, 5.74) is 7.39. The van der Waals surface area contributed by atoms with Gasteiger partial charge in [-0.2, -0.15) is 4.99 Å². The molecule has 7 rings (SSSR count). The van der Waals surface area contributed by atoms with E-state index in [9.17, 15) is 0 Å². The van der Waals surface area contributed by atoms with Crippen molar-refractivity contribution in [3.8, 4) is 28.3 Å². The number of nitrogens with zero attached hydrogens (tertiary/aromatic N) is 4. The lowest BCUT2D eigenvalue weighted by Gasteiger charge is -2.03. The Kier molecular flexibility index (Phi) is 6.83. The molecule has 0 fully saturated rings. The normalized spacial score (nSPS) is 12.1. The number of methoxy groups -OCH3 is 1. The number of amidine groups is 1. The molecule has 7 aromatic rings. The fourth-order valence-corrected chi connectivity index (χ4v) is 5.71. The number of thiazole rings is 1. The molecule has 0 saturated heterocycles. The molecule has 0 saturated carbocycles. The highest BCUT2D eigenvalue weighted by molar-refractivity contribution is 7.13. The second kappa shape index (κ2) is 11.1. The van der Waals surface area contributed by atoms with Gasteiger partial charge in [0, 0.05) is 49.5 Å². The fourth-order valence-electron chi connectivity index (χ4n) is 4.91.